The Bertz CT molecular complexity index is 787. The molecule has 25 heavy (non-hydrogen) atoms. The highest BCUT2D eigenvalue weighted by Crippen LogP contribution is 2.35. The molecule has 0 aliphatic carbocycles. The van der Waals surface area contributed by atoms with Crippen molar-refractivity contribution in [2.24, 2.45) is 5.92 Å². The molecule has 1 aromatic carbocycles. The number of hydrogen-bond acceptors (Lipinski definition) is 5. The number of rotatable bonds is 4. The summed E-state index contributed by atoms with van der Waals surface area (Å²) < 4.78 is 16.2. The van der Waals surface area contributed by atoms with Crippen molar-refractivity contribution in [2.45, 2.75) is 13.0 Å². The van der Waals surface area contributed by atoms with E-state index in [2.05, 4.69) is 5.32 Å². The first kappa shape index (κ1) is 15.6. The fourth-order valence-electron chi connectivity index (χ4n) is 3.06. The van der Waals surface area contributed by atoms with Crippen LogP contribution in [-0.2, 0) is 16.1 Å². The molecule has 0 saturated carbocycles. The van der Waals surface area contributed by atoms with Gasteiger partial charge in [-0.3, -0.25) is 9.59 Å². The predicted octanol–water partition coefficient (Wildman–Crippen LogP) is 1.72. The number of fused-ring (bicyclic) bond motifs is 1. The van der Waals surface area contributed by atoms with E-state index in [9.17, 15) is 9.59 Å². The number of ether oxygens (including phenoxy) is 2. The zero-order chi connectivity index (χ0) is 17.2. The van der Waals surface area contributed by atoms with E-state index in [4.69, 9.17) is 13.9 Å². The zero-order valence-electron chi connectivity index (χ0n) is 13.6. The van der Waals surface area contributed by atoms with Gasteiger partial charge in [0, 0.05) is 24.7 Å². The Balaban J connectivity index is 1.42. The predicted molar refractivity (Wildman–Crippen MR) is 88.4 cm³/mol. The van der Waals surface area contributed by atoms with Gasteiger partial charge in [0.1, 0.15) is 19.0 Å². The molecule has 1 N–H and O–H groups in total. The lowest BCUT2D eigenvalue weighted by Crippen LogP contribution is -2.32. The van der Waals surface area contributed by atoms with E-state index in [0.29, 0.717) is 43.6 Å². The van der Waals surface area contributed by atoms with E-state index in [1.54, 1.807) is 35.4 Å². The van der Waals surface area contributed by atoms with Gasteiger partial charge in [-0.2, -0.15) is 0 Å². The van der Waals surface area contributed by atoms with Gasteiger partial charge in [-0.05, 0) is 24.3 Å². The number of carbonyl (C=O) groups is 2. The Kier molecular flexibility index (Phi) is 4.05. The Morgan fingerprint density at radius 2 is 2.04 bits per heavy atom. The number of amides is 2. The maximum absolute atomic E-state index is 12.3. The fraction of sp³-hybridized carbons (Fsp3) is 0.333. The second-order valence-electron chi connectivity index (χ2n) is 6.03. The molecule has 0 bridgehead atoms. The van der Waals surface area contributed by atoms with Crippen LogP contribution in [0.15, 0.2) is 41.0 Å². The van der Waals surface area contributed by atoms with Gasteiger partial charge in [-0.15, -0.1) is 0 Å². The Morgan fingerprint density at radius 1 is 1.20 bits per heavy atom. The third-order valence-electron chi connectivity index (χ3n) is 4.35. The Morgan fingerprint density at radius 3 is 2.84 bits per heavy atom. The highest BCUT2D eigenvalue weighted by Gasteiger charge is 2.35. The van der Waals surface area contributed by atoms with E-state index in [-0.39, 0.29) is 24.2 Å². The minimum atomic E-state index is -0.379. The van der Waals surface area contributed by atoms with Crippen molar-refractivity contribution in [2.75, 3.05) is 24.7 Å². The van der Waals surface area contributed by atoms with Gasteiger partial charge >= 0.3 is 0 Å². The summed E-state index contributed by atoms with van der Waals surface area (Å²) in [6.45, 7) is 1.68. The van der Waals surface area contributed by atoms with Gasteiger partial charge in [0.25, 0.3) is 0 Å². The number of hydrogen-bond donors (Lipinski definition) is 1. The summed E-state index contributed by atoms with van der Waals surface area (Å²) in [6, 6.07) is 8.96. The smallest absolute Gasteiger partial charge is 0.227 e. The van der Waals surface area contributed by atoms with Gasteiger partial charge in [-0.25, -0.2) is 0 Å². The van der Waals surface area contributed by atoms with E-state index in [1.807, 2.05) is 6.07 Å². The lowest BCUT2D eigenvalue weighted by atomic mass is 10.1. The van der Waals surface area contributed by atoms with Gasteiger partial charge in [0.2, 0.25) is 11.8 Å². The molecule has 0 radical (unpaired) electrons. The lowest BCUT2D eigenvalue weighted by Gasteiger charge is -2.22. The molecule has 1 aromatic heterocycles. The monoisotopic (exact) mass is 342 g/mol. The molecule has 7 heteroatoms. The van der Waals surface area contributed by atoms with E-state index in [1.165, 1.54) is 0 Å². The van der Waals surface area contributed by atoms with Crippen LogP contribution in [0.5, 0.6) is 11.5 Å². The summed E-state index contributed by atoms with van der Waals surface area (Å²) in [5.74, 6) is 1.38. The molecule has 2 aromatic rings. The van der Waals surface area contributed by atoms with Crippen LogP contribution in [0.25, 0.3) is 0 Å². The van der Waals surface area contributed by atoms with E-state index < -0.39 is 0 Å². The van der Waals surface area contributed by atoms with Crippen LogP contribution in [0.1, 0.15) is 12.2 Å². The summed E-state index contributed by atoms with van der Waals surface area (Å²) in [6.07, 6.45) is 1.75. The first-order valence-corrected chi connectivity index (χ1v) is 8.21. The van der Waals surface area contributed by atoms with Crippen molar-refractivity contribution in [3.63, 3.8) is 0 Å². The maximum Gasteiger partial charge on any atom is 0.227 e. The molecule has 130 valence electrons. The van der Waals surface area contributed by atoms with Gasteiger partial charge in [0.15, 0.2) is 11.5 Å². The quantitative estimate of drug-likeness (QED) is 0.915. The molecule has 2 aliphatic rings. The number of anilines is 1. The first-order valence-electron chi connectivity index (χ1n) is 8.21. The zero-order valence-corrected chi connectivity index (χ0v) is 13.6. The summed E-state index contributed by atoms with van der Waals surface area (Å²) in [5, 5.41) is 2.81. The Labute approximate surface area is 144 Å². The maximum atomic E-state index is 12.3. The molecule has 1 atom stereocenters. The average Bonchev–Trinajstić information content (AvgIpc) is 3.29. The van der Waals surface area contributed by atoms with Crippen LogP contribution >= 0.6 is 0 Å². The molecule has 1 fully saturated rings. The normalized spacial score (nSPS) is 19.1. The second kappa shape index (κ2) is 6.51. The lowest BCUT2D eigenvalue weighted by molar-refractivity contribution is -0.126. The van der Waals surface area contributed by atoms with Crippen molar-refractivity contribution in [3.8, 4) is 11.5 Å². The summed E-state index contributed by atoms with van der Waals surface area (Å²) in [5.41, 5.74) is 0.718. The van der Waals surface area contributed by atoms with Crippen LogP contribution in [0.2, 0.25) is 0 Å². The molecule has 0 spiro atoms. The first-order chi connectivity index (χ1) is 12.2. The second-order valence-corrected chi connectivity index (χ2v) is 6.03. The number of nitrogens with one attached hydrogen (secondary N) is 1. The molecule has 2 amide bonds. The van der Waals surface area contributed by atoms with Crippen molar-refractivity contribution in [1.82, 2.24) is 5.32 Å². The standard InChI is InChI=1S/C18H18N2O5/c21-17-8-12(18(22)19-10-14-2-1-5-23-14)11-20(17)13-3-4-15-16(9-13)25-7-6-24-15/h1-5,9,12H,6-8,10-11H2,(H,19,22)/t12-/m1/s1. The molecular formula is C18H18N2O5. The van der Waals surface area contributed by atoms with E-state index in [0.717, 1.165) is 5.69 Å². The minimum Gasteiger partial charge on any atom is -0.486 e. The summed E-state index contributed by atoms with van der Waals surface area (Å²) in [4.78, 5) is 26.3. The topological polar surface area (TPSA) is 81.0 Å². The van der Waals surface area contributed by atoms with Crippen LogP contribution in [0.4, 0.5) is 5.69 Å². The highest BCUT2D eigenvalue weighted by atomic mass is 16.6. The summed E-state index contributed by atoms with van der Waals surface area (Å²) >= 11 is 0. The molecule has 1 saturated heterocycles. The molecule has 2 aliphatic heterocycles. The number of carbonyl (C=O) groups excluding carboxylic acids is 2. The van der Waals surface area contributed by atoms with Gasteiger partial charge < -0.3 is 24.1 Å². The van der Waals surface area contributed by atoms with Crippen LogP contribution in [0, 0.1) is 5.92 Å². The average molecular weight is 342 g/mol. The van der Waals surface area contributed by atoms with Crippen molar-refractivity contribution >= 4 is 17.5 Å². The molecule has 3 heterocycles. The SMILES string of the molecule is O=C(NCc1ccco1)[C@@H]1CC(=O)N(c2ccc3c(c2)OCCO3)C1. The molecule has 7 nitrogen and oxygen atoms in total. The number of furan rings is 1. The molecule has 4 rings (SSSR count). The minimum absolute atomic E-state index is 0.0742. The van der Waals surface area contributed by atoms with Crippen LogP contribution in [0.3, 0.4) is 0 Å². The largest absolute Gasteiger partial charge is 0.486 e. The third-order valence-corrected chi connectivity index (χ3v) is 4.35. The van der Waals surface area contributed by atoms with Gasteiger partial charge in [-0.1, -0.05) is 0 Å². The third kappa shape index (κ3) is 3.17. The highest BCUT2D eigenvalue weighted by molar-refractivity contribution is 6.00. The summed E-state index contributed by atoms with van der Waals surface area (Å²) in [7, 11) is 0. The number of benzene rings is 1. The van der Waals surface area contributed by atoms with Crippen LogP contribution < -0.4 is 19.7 Å². The van der Waals surface area contributed by atoms with Crippen LogP contribution in [-0.4, -0.2) is 31.6 Å². The number of nitrogens with zero attached hydrogens (tertiary/aromatic N) is 1. The van der Waals surface area contributed by atoms with Gasteiger partial charge in [0.05, 0.1) is 18.7 Å². The molecule has 0 unspecified atom stereocenters. The van der Waals surface area contributed by atoms with E-state index >= 15 is 0 Å². The molecular weight excluding hydrogens is 324 g/mol. The Hall–Kier alpha value is -2.96. The van der Waals surface area contributed by atoms with Crippen molar-refractivity contribution in [3.05, 3.63) is 42.4 Å². The van der Waals surface area contributed by atoms with Crippen molar-refractivity contribution in [1.29, 1.82) is 0 Å². The van der Waals surface area contributed by atoms with Crippen molar-refractivity contribution < 1.29 is 23.5 Å². The fourth-order valence-corrected chi connectivity index (χ4v) is 3.06.